The van der Waals surface area contributed by atoms with Crippen LogP contribution in [0.1, 0.15) is 45.0 Å². The molecule has 2 rings (SSSR count). The van der Waals surface area contributed by atoms with Gasteiger partial charge in [-0.3, -0.25) is 0 Å². The molecule has 6 nitrogen and oxygen atoms in total. The van der Waals surface area contributed by atoms with Gasteiger partial charge in [0, 0.05) is 13.7 Å². The fourth-order valence-corrected chi connectivity index (χ4v) is 2.14. The molecule has 0 aliphatic carbocycles. The Morgan fingerprint density at radius 1 is 1.44 bits per heavy atom. The van der Waals surface area contributed by atoms with Crippen molar-refractivity contribution < 1.29 is 14.0 Å². The van der Waals surface area contributed by atoms with Crippen LogP contribution in [0.25, 0.3) is 0 Å². The Labute approximate surface area is 107 Å². The van der Waals surface area contributed by atoms with E-state index < -0.39 is 5.54 Å². The summed E-state index contributed by atoms with van der Waals surface area (Å²) in [6.07, 6.45) is 0.475. The van der Waals surface area contributed by atoms with Crippen LogP contribution in [0.2, 0.25) is 0 Å². The molecule has 0 spiro atoms. The van der Waals surface area contributed by atoms with Crippen molar-refractivity contribution in [2.75, 3.05) is 20.3 Å². The molecule has 2 heterocycles. The Kier molecular flexibility index (Phi) is 3.44. The smallest absolute Gasteiger partial charge is 0.249 e. The average molecular weight is 255 g/mol. The van der Waals surface area contributed by atoms with Gasteiger partial charge in [0.15, 0.2) is 0 Å². The lowest BCUT2D eigenvalue weighted by atomic mass is 9.88. The molecule has 1 aliphatic rings. The summed E-state index contributed by atoms with van der Waals surface area (Å²) in [5, 5.41) is 4.00. The number of hydrogen-bond acceptors (Lipinski definition) is 6. The summed E-state index contributed by atoms with van der Waals surface area (Å²) in [6.45, 7) is 7.24. The van der Waals surface area contributed by atoms with Crippen molar-refractivity contribution in [1.29, 1.82) is 0 Å². The van der Waals surface area contributed by atoms with Crippen molar-refractivity contribution in [1.82, 2.24) is 10.1 Å². The van der Waals surface area contributed by atoms with Crippen molar-refractivity contribution in [2.24, 2.45) is 11.1 Å². The largest absolute Gasteiger partial charge is 0.379 e. The van der Waals surface area contributed by atoms with E-state index in [9.17, 15) is 0 Å². The van der Waals surface area contributed by atoms with Gasteiger partial charge in [0.2, 0.25) is 11.7 Å². The maximum absolute atomic E-state index is 6.18. The van der Waals surface area contributed by atoms with Crippen LogP contribution in [0.4, 0.5) is 0 Å². The van der Waals surface area contributed by atoms with Crippen LogP contribution in [0.15, 0.2) is 4.52 Å². The number of nitrogens with two attached hydrogens (primary N) is 1. The van der Waals surface area contributed by atoms with Crippen LogP contribution in [0.5, 0.6) is 0 Å². The molecule has 1 fully saturated rings. The summed E-state index contributed by atoms with van der Waals surface area (Å²) in [4.78, 5) is 4.39. The second-order valence-electron chi connectivity index (χ2n) is 5.90. The summed E-state index contributed by atoms with van der Waals surface area (Å²) >= 11 is 0. The average Bonchev–Trinajstić information content (AvgIpc) is 2.87. The molecule has 102 valence electrons. The number of methoxy groups -OCH3 is 1. The number of ether oxygens (including phenoxy) is 2. The fourth-order valence-electron chi connectivity index (χ4n) is 2.14. The lowest BCUT2D eigenvalue weighted by Crippen LogP contribution is -2.37. The first-order valence-corrected chi connectivity index (χ1v) is 6.10. The van der Waals surface area contributed by atoms with E-state index in [4.69, 9.17) is 19.7 Å². The van der Waals surface area contributed by atoms with Gasteiger partial charge < -0.3 is 19.7 Å². The maximum Gasteiger partial charge on any atom is 0.249 e. The second kappa shape index (κ2) is 4.60. The molecule has 1 aliphatic heterocycles. The van der Waals surface area contributed by atoms with Gasteiger partial charge in [0.05, 0.1) is 6.61 Å². The van der Waals surface area contributed by atoms with Crippen molar-refractivity contribution in [3.05, 3.63) is 11.7 Å². The molecular formula is C12H21N3O3. The zero-order chi connectivity index (χ0) is 13.4. The summed E-state index contributed by atoms with van der Waals surface area (Å²) in [5.41, 5.74) is 5.42. The number of nitrogens with zero attached hydrogens (tertiary/aromatic N) is 2. The van der Waals surface area contributed by atoms with E-state index in [-0.39, 0.29) is 11.5 Å². The molecule has 1 saturated heterocycles. The van der Waals surface area contributed by atoms with E-state index in [1.165, 1.54) is 0 Å². The summed E-state index contributed by atoms with van der Waals surface area (Å²) in [5.74, 6) is 0.970. The predicted octanol–water partition coefficient (Wildman–Crippen LogP) is 1.38. The maximum atomic E-state index is 6.18. The minimum absolute atomic E-state index is 0.107. The Morgan fingerprint density at radius 2 is 2.17 bits per heavy atom. The molecule has 6 heteroatoms. The van der Waals surface area contributed by atoms with Crippen molar-refractivity contribution in [3.63, 3.8) is 0 Å². The highest BCUT2D eigenvalue weighted by Gasteiger charge is 2.40. The molecule has 0 saturated carbocycles. The van der Waals surface area contributed by atoms with E-state index in [1.54, 1.807) is 7.11 Å². The molecule has 1 aromatic rings. The minimum atomic E-state index is -0.651. The van der Waals surface area contributed by atoms with Crippen molar-refractivity contribution in [3.8, 4) is 0 Å². The molecule has 1 aromatic heterocycles. The van der Waals surface area contributed by atoms with Crippen LogP contribution >= 0.6 is 0 Å². The van der Waals surface area contributed by atoms with Crippen molar-refractivity contribution >= 4 is 0 Å². The van der Waals surface area contributed by atoms with E-state index in [1.807, 2.05) is 0 Å². The molecule has 2 atom stereocenters. The van der Waals surface area contributed by atoms with Crippen molar-refractivity contribution in [2.45, 2.75) is 38.8 Å². The van der Waals surface area contributed by atoms with Gasteiger partial charge in [-0.2, -0.15) is 4.98 Å². The standard InChI is InChI=1S/C12H21N3O3/c1-11(2,3)8(16-4)9-14-10(18-15-9)12(13)5-6-17-7-12/h8H,5-7,13H2,1-4H3. The van der Waals surface area contributed by atoms with E-state index >= 15 is 0 Å². The molecule has 0 amide bonds. The second-order valence-corrected chi connectivity index (χ2v) is 5.90. The summed E-state index contributed by atoms with van der Waals surface area (Å²) < 4.78 is 16.0. The lowest BCUT2D eigenvalue weighted by Gasteiger charge is -2.26. The zero-order valence-electron chi connectivity index (χ0n) is 11.4. The monoisotopic (exact) mass is 255 g/mol. The normalized spacial score (nSPS) is 26.5. The predicted molar refractivity (Wildman–Crippen MR) is 64.8 cm³/mol. The van der Waals surface area contributed by atoms with E-state index in [2.05, 4.69) is 30.9 Å². The molecule has 2 N–H and O–H groups in total. The Bertz CT molecular complexity index is 405. The van der Waals surface area contributed by atoms with Crippen LogP contribution in [-0.4, -0.2) is 30.5 Å². The van der Waals surface area contributed by atoms with E-state index in [0.29, 0.717) is 31.3 Å². The third-order valence-corrected chi connectivity index (χ3v) is 3.18. The van der Waals surface area contributed by atoms with Crippen LogP contribution < -0.4 is 5.73 Å². The first-order chi connectivity index (χ1) is 8.37. The van der Waals surface area contributed by atoms with Gasteiger partial charge in [-0.1, -0.05) is 25.9 Å². The number of hydrogen-bond donors (Lipinski definition) is 1. The van der Waals surface area contributed by atoms with Gasteiger partial charge in [-0.05, 0) is 11.8 Å². The highest BCUT2D eigenvalue weighted by Crippen LogP contribution is 2.35. The quantitative estimate of drug-likeness (QED) is 0.878. The minimum Gasteiger partial charge on any atom is -0.379 e. The highest BCUT2D eigenvalue weighted by atomic mass is 16.5. The first-order valence-electron chi connectivity index (χ1n) is 6.10. The van der Waals surface area contributed by atoms with Crippen LogP contribution in [0, 0.1) is 5.41 Å². The van der Waals surface area contributed by atoms with E-state index in [0.717, 1.165) is 0 Å². The molecule has 0 aromatic carbocycles. The van der Waals surface area contributed by atoms with Crippen LogP contribution in [-0.2, 0) is 15.0 Å². The number of aromatic nitrogens is 2. The Morgan fingerprint density at radius 3 is 2.67 bits per heavy atom. The number of rotatable bonds is 3. The molecular weight excluding hydrogens is 234 g/mol. The van der Waals surface area contributed by atoms with Gasteiger partial charge in [-0.15, -0.1) is 0 Å². The van der Waals surface area contributed by atoms with Gasteiger partial charge in [0.25, 0.3) is 0 Å². The van der Waals surface area contributed by atoms with Gasteiger partial charge in [0.1, 0.15) is 11.6 Å². The third kappa shape index (κ3) is 2.41. The topological polar surface area (TPSA) is 83.4 Å². The SMILES string of the molecule is COC(c1noc(C2(N)CCOC2)n1)C(C)(C)C. The summed E-state index contributed by atoms with van der Waals surface area (Å²) in [7, 11) is 1.64. The third-order valence-electron chi connectivity index (χ3n) is 3.18. The fraction of sp³-hybridized carbons (Fsp3) is 0.833. The Balaban J connectivity index is 2.24. The first kappa shape index (κ1) is 13.5. The molecule has 0 bridgehead atoms. The van der Waals surface area contributed by atoms with Gasteiger partial charge in [-0.25, -0.2) is 0 Å². The Hall–Kier alpha value is -0.980. The molecule has 18 heavy (non-hydrogen) atoms. The lowest BCUT2D eigenvalue weighted by molar-refractivity contribution is 0.00718. The molecule has 2 unspecified atom stereocenters. The van der Waals surface area contributed by atoms with Gasteiger partial charge >= 0.3 is 0 Å². The van der Waals surface area contributed by atoms with Crippen LogP contribution in [0.3, 0.4) is 0 Å². The summed E-state index contributed by atoms with van der Waals surface area (Å²) in [6, 6.07) is 0. The molecule has 0 radical (unpaired) electrons. The highest BCUT2D eigenvalue weighted by molar-refractivity contribution is 5.06. The zero-order valence-corrected chi connectivity index (χ0v) is 11.4.